The molecule has 17 heavy (non-hydrogen) atoms. The van der Waals surface area contributed by atoms with Gasteiger partial charge in [-0.15, -0.1) is 0 Å². The van der Waals surface area contributed by atoms with Gasteiger partial charge in [0.25, 0.3) is 0 Å². The Labute approximate surface area is 101 Å². The number of carbonyl (C=O) groups is 1. The van der Waals surface area contributed by atoms with Crippen molar-refractivity contribution in [2.75, 3.05) is 13.7 Å². The highest BCUT2D eigenvalue weighted by Gasteiger charge is 2.31. The maximum Gasteiger partial charge on any atom is 0.349 e. The molecule has 0 aliphatic rings. The minimum absolute atomic E-state index is 0.342. The fraction of sp³-hybridized carbons (Fsp3) is 0.462. The molecule has 0 fully saturated rings. The largest absolute Gasteiger partial charge is 0.497 e. The van der Waals surface area contributed by atoms with E-state index in [0.29, 0.717) is 12.4 Å². The molecule has 0 amide bonds. The van der Waals surface area contributed by atoms with Crippen LogP contribution in [0.2, 0.25) is 0 Å². The number of hydrogen-bond donors (Lipinski definition) is 0. The molecule has 1 aromatic carbocycles. The lowest BCUT2D eigenvalue weighted by Crippen LogP contribution is -2.39. The predicted octanol–water partition coefficient (Wildman–Crippen LogP) is 2.42. The van der Waals surface area contributed by atoms with Gasteiger partial charge in [-0.25, -0.2) is 4.79 Å². The molecule has 0 bridgehead atoms. The Kier molecular flexibility index (Phi) is 4.37. The Bertz CT molecular complexity index is 368. The van der Waals surface area contributed by atoms with E-state index in [1.54, 1.807) is 52.1 Å². The third-order valence-electron chi connectivity index (χ3n) is 2.20. The maximum atomic E-state index is 11.6. The van der Waals surface area contributed by atoms with Crippen molar-refractivity contribution >= 4 is 5.97 Å². The average Bonchev–Trinajstić information content (AvgIpc) is 2.30. The lowest BCUT2D eigenvalue weighted by molar-refractivity contribution is -0.158. The fourth-order valence-electron chi connectivity index (χ4n) is 1.28. The summed E-state index contributed by atoms with van der Waals surface area (Å²) in [6.45, 7) is 5.46. The van der Waals surface area contributed by atoms with Gasteiger partial charge >= 0.3 is 5.97 Å². The van der Waals surface area contributed by atoms with E-state index in [2.05, 4.69) is 0 Å². The second-order valence-corrected chi connectivity index (χ2v) is 4.01. The van der Waals surface area contributed by atoms with E-state index >= 15 is 0 Å². The van der Waals surface area contributed by atoms with E-state index < -0.39 is 5.60 Å². The zero-order valence-corrected chi connectivity index (χ0v) is 10.6. The van der Waals surface area contributed by atoms with Gasteiger partial charge in [0.1, 0.15) is 11.5 Å². The molecule has 0 aromatic heterocycles. The van der Waals surface area contributed by atoms with Gasteiger partial charge in [-0.1, -0.05) is 0 Å². The predicted molar refractivity (Wildman–Crippen MR) is 64.3 cm³/mol. The number of rotatable bonds is 5. The summed E-state index contributed by atoms with van der Waals surface area (Å²) in [5.41, 5.74) is -0.995. The molecule has 1 rings (SSSR count). The van der Waals surface area contributed by atoms with Crippen molar-refractivity contribution in [2.45, 2.75) is 26.4 Å². The molecule has 0 unspecified atom stereocenters. The second kappa shape index (κ2) is 5.57. The molecule has 4 nitrogen and oxygen atoms in total. The lowest BCUT2D eigenvalue weighted by Gasteiger charge is -2.24. The van der Waals surface area contributed by atoms with Crippen molar-refractivity contribution in [3.63, 3.8) is 0 Å². The standard InChI is InChI=1S/C13H18O4/c1-5-16-12(14)13(2,3)17-11-8-6-10(15-4)7-9-11/h6-9H,5H2,1-4H3. The first-order chi connectivity index (χ1) is 7.99. The first-order valence-corrected chi connectivity index (χ1v) is 5.50. The Morgan fingerprint density at radius 1 is 1.18 bits per heavy atom. The molecule has 0 radical (unpaired) electrons. The molecule has 1 aromatic rings. The summed E-state index contributed by atoms with van der Waals surface area (Å²) in [6, 6.07) is 7.05. The number of methoxy groups -OCH3 is 1. The van der Waals surface area contributed by atoms with Crippen molar-refractivity contribution in [2.24, 2.45) is 0 Å². The molecule has 0 heterocycles. The van der Waals surface area contributed by atoms with E-state index in [1.807, 2.05) is 0 Å². The highest BCUT2D eigenvalue weighted by Crippen LogP contribution is 2.22. The molecule has 0 spiro atoms. The van der Waals surface area contributed by atoms with E-state index in [9.17, 15) is 4.79 Å². The Morgan fingerprint density at radius 3 is 2.18 bits per heavy atom. The number of ether oxygens (including phenoxy) is 3. The number of esters is 1. The van der Waals surface area contributed by atoms with Gasteiger partial charge in [-0.05, 0) is 45.0 Å². The lowest BCUT2D eigenvalue weighted by atomic mass is 10.1. The summed E-state index contributed by atoms with van der Waals surface area (Å²) in [5.74, 6) is 0.964. The van der Waals surface area contributed by atoms with Crippen LogP contribution >= 0.6 is 0 Å². The second-order valence-electron chi connectivity index (χ2n) is 4.01. The Hall–Kier alpha value is -1.71. The van der Waals surface area contributed by atoms with Gasteiger partial charge in [0.15, 0.2) is 5.60 Å². The highest BCUT2D eigenvalue weighted by molar-refractivity contribution is 5.79. The molecular weight excluding hydrogens is 220 g/mol. The van der Waals surface area contributed by atoms with Gasteiger partial charge in [0, 0.05) is 0 Å². The number of benzene rings is 1. The quantitative estimate of drug-likeness (QED) is 0.739. The zero-order valence-electron chi connectivity index (χ0n) is 10.6. The van der Waals surface area contributed by atoms with E-state index in [-0.39, 0.29) is 5.97 Å². The van der Waals surface area contributed by atoms with Crippen LogP contribution in [0, 0.1) is 0 Å². The van der Waals surface area contributed by atoms with Crippen LogP contribution in [0.15, 0.2) is 24.3 Å². The van der Waals surface area contributed by atoms with Gasteiger partial charge in [-0.3, -0.25) is 0 Å². The normalized spacial score (nSPS) is 10.8. The smallest absolute Gasteiger partial charge is 0.349 e. The van der Waals surface area contributed by atoms with Gasteiger partial charge in [-0.2, -0.15) is 0 Å². The minimum Gasteiger partial charge on any atom is -0.497 e. The van der Waals surface area contributed by atoms with Crippen LogP contribution in [0.1, 0.15) is 20.8 Å². The zero-order chi connectivity index (χ0) is 12.9. The van der Waals surface area contributed by atoms with Gasteiger partial charge < -0.3 is 14.2 Å². The van der Waals surface area contributed by atoms with Gasteiger partial charge in [0.2, 0.25) is 0 Å². The summed E-state index contributed by atoms with van der Waals surface area (Å²) in [7, 11) is 1.60. The van der Waals surface area contributed by atoms with Crippen LogP contribution in [0.25, 0.3) is 0 Å². The highest BCUT2D eigenvalue weighted by atomic mass is 16.6. The van der Waals surface area contributed by atoms with Crippen LogP contribution in [0.3, 0.4) is 0 Å². The summed E-state index contributed by atoms with van der Waals surface area (Å²) in [4.78, 5) is 11.6. The van der Waals surface area contributed by atoms with Crippen molar-refractivity contribution in [1.29, 1.82) is 0 Å². The molecule has 0 saturated heterocycles. The van der Waals surface area contributed by atoms with Crippen LogP contribution in [0.5, 0.6) is 11.5 Å². The summed E-state index contributed by atoms with van der Waals surface area (Å²) < 4.78 is 15.6. The van der Waals surface area contributed by atoms with Crippen molar-refractivity contribution in [3.8, 4) is 11.5 Å². The summed E-state index contributed by atoms with van der Waals surface area (Å²) >= 11 is 0. The van der Waals surface area contributed by atoms with Gasteiger partial charge in [0.05, 0.1) is 13.7 Å². The molecule has 0 atom stereocenters. The first-order valence-electron chi connectivity index (χ1n) is 5.50. The topological polar surface area (TPSA) is 44.8 Å². The third-order valence-corrected chi connectivity index (χ3v) is 2.20. The first kappa shape index (κ1) is 13.4. The molecular formula is C13H18O4. The Morgan fingerprint density at radius 2 is 1.71 bits per heavy atom. The molecule has 0 saturated carbocycles. The van der Waals surface area contributed by atoms with Crippen molar-refractivity contribution in [3.05, 3.63) is 24.3 Å². The molecule has 94 valence electrons. The number of carbonyl (C=O) groups excluding carboxylic acids is 1. The number of hydrogen-bond acceptors (Lipinski definition) is 4. The van der Waals surface area contributed by atoms with Crippen LogP contribution in [-0.2, 0) is 9.53 Å². The monoisotopic (exact) mass is 238 g/mol. The van der Waals surface area contributed by atoms with E-state index in [1.165, 1.54) is 0 Å². The third kappa shape index (κ3) is 3.66. The molecule has 0 N–H and O–H groups in total. The average molecular weight is 238 g/mol. The molecule has 0 aliphatic heterocycles. The SMILES string of the molecule is CCOC(=O)C(C)(C)Oc1ccc(OC)cc1. The van der Waals surface area contributed by atoms with Crippen LogP contribution in [-0.4, -0.2) is 25.3 Å². The molecule has 0 aliphatic carbocycles. The van der Waals surface area contributed by atoms with E-state index in [0.717, 1.165) is 5.75 Å². The van der Waals surface area contributed by atoms with Crippen LogP contribution < -0.4 is 9.47 Å². The Balaban J connectivity index is 2.71. The van der Waals surface area contributed by atoms with Crippen molar-refractivity contribution in [1.82, 2.24) is 0 Å². The van der Waals surface area contributed by atoms with Crippen molar-refractivity contribution < 1.29 is 19.0 Å². The maximum absolute atomic E-state index is 11.6. The van der Waals surface area contributed by atoms with Crippen LogP contribution in [0.4, 0.5) is 0 Å². The summed E-state index contributed by atoms with van der Waals surface area (Å²) in [5, 5.41) is 0. The molecule has 4 heteroatoms. The fourth-order valence-corrected chi connectivity index (χ4v) is 1.28. The minimum atomic E-state index is -0.995. The van der Waals surface area contributed by atoms with E-state index in [4.69, 9.17) is 14.2 Å². The summed E-state index contributed by atoms with van der Waals surface area (Å²) in [6.07, 6.45) is 0.